The van der Waals surface area contributed by atoms with Crippen LogP contribution in [0.25, 0.3) is 54.4 Å². The smallest absolute Gasteiger partial charge is 0.412 e. The maximum Gasteiger partial charge on any atom is 0.412 e. The van der Waals surface area contributed by atoms with E-state index in [1.165, 1.54) is 35.8 Å². The SMILES string of the molecule is C=C(C(=O)N1C2CCC1CN(c1nc(OCC34CCCN3CCC4)nc3c(F)c(-c4ccc(F)c5sc(N)c(C#N)c45)c(Cl)cc13)C2)C(C)OC(=O)Nc1cc2cc3c(nc2cc1F)-c1cc2c(c(=O)n1C3)COC(=O)C2O.CC. The lowest BCUT2D eigenvalue weighted by Crippen LogP contribution is -2.57. The highest BCUT2D eigenvalue weighted by atomic mass is 35.5. The standard InChI is InChI=1S/C55H46ClF3N10O8S.C2H6/c1-24(25(2)77-54(74)63-39-14-26-13-27-19-68-40(44(27)62-38(26)17-37(39)58)16-31-34(51(68)72)22-75-52(73)46(31)70)50(71)69-28-5-6-29(69)21-66(20-28)49-32-15-35(56)42(30-7-8-36(57)47-41(30)33(18-60)48(61)78-47)43(59)45(32)64-53(65-49)76-23-55-9-3-11-67(55)12-4-10-55;1-2/h7-8,13-17,25,28-29,46,70H,1,3-6,9-12,19-23,61H2,2H3,(H,63,74);1-2H3. The van der Waals surface area contributed by atoms with E-state index in [4.69, 9.17) is 36.5 Å². The summed E-state index contributed by atoms with van der Waals surface area (Å²) in [6, 6.07) is 11.1. The van der Waals surface area contributed by atoms with Crippen molar-refractivity contribution in [3.8, 4) is 34.6 Å². The van der Waals surface area contributed by atoms with Gasteiger partial charge in [-0.15, -0.1) is 11.3 Å². The van der Waals surface area contributed by atoms with E-state index in [2.05, 4.69) is 26.8 Å². The Balaban J connectivity index is 0.00000315. The molecule has 412 valence electrons. The van der Waals surface area contributed by atoms with E-state index in [1.54, 1.807) is 17.0 Å². The maximum atomic E-state index is 17.5. The molecule has 10 heterocycles. The van der Waals surface area contributed by atoms with E-state index in [0.29, 0.717) is 47.6 Å². The van der Waals surface area contributed by atoms with E-state index in [-0.39, 0.29) is 125 Å². The number of aliphatic hydroxyl groups is 1. The predicted molar refractivity (Wildman–Crippen MR) is 294 cm³/mol. The number of carbonyl (C=O) groups is 3. The van der Waals surface area contributed by atoms with Crippen molar-refractivity contribution in [1.82, 2.24) is 29.3 Å². The third-order valence-corrected chi connectivity index (χ3v) is 17.8. The molecule has 23 heteroatoms. The Labute approximate surface area is 464 Å². The summed E-state index contributed by atoms with van der Waals surface area (Å²) in [5.41, 5.74) is 7.08. The predicted octanol–water partition coefficient (Wildman–Crippen LogP) is 9.27. The first-order valence-electron chi connectivity index (χ1n) is 26.5. The van der Waals surface area contributed by atoms with Crippen LogP contribution in [0.15, 0.2) is 59.4 Å². The number of anilines is 3. The summed E-state index contributed by atoms with van der Waals surface area (Å²) in [6.07, 6.45) is 1.31. The van der Waals surface area contributed by atoms with Crippen LogP contribution >= 0.6 is 22.9 Å². The Kier molecular flexibility index (Phi) is 13.2. The normalized spacial score (nSPS) is 19.9. The number of thiophene rings is 1. The van der Waals surface area contributed by atoms with Crippen LogP contribution in [-0.2, 0) is 32.2 Å². The molecule has 6 aliphatic rings. The summed E-state index contributed by atoms with van der Waals surface area (Å²) in [4.78, 5) is 73.6. The number of benzene rings is 3. The van der Waals surface area contributed by atoms with Crippen LogP contribution in [0.1, 0.15) is 87.7 Å². The molecular weight excluding hydrogens is 1080 g/mol. The number of fused-ring (bicyclic) bond motifs is 10. The minimum atomic E-state index is -1.63. The summed E-state index contributed by atoms with van der Waals surface area (Å²) in [7, 11) is 0. The highest BCUT2D eigenvalue weighted by molar-refractivity contribution is 7.23. The van der Waals surface area contributed by atoms with Gasteiger partial charge in [-0.05, 0) is 94.4 Å². The summed E-state index contributed by atoms with van der Waals surface area (Å²) in [5.74, 6) is -3.27. The monoisotopic (exact) mass is 1130 g/mol. The molecule has 2 amide bonds. The van der Waals surface area contributed by atoms with Gasteiger partial charge >= 0.3 is 18.1 Å². The van der Waals surface area contributed by atoms with Crippen LogP contribution in [0.5, 0.6) is 6.01 Å². The van der Waals surface area contributed by atoms with E-state index in [9.17, 15) is 29.5 Å². The van der Waals surface area contributed by atoms with Crippen LogP contribution < -0.4 is 26.2 Å². The number of piperazine rings is 1. The van der Waals surface area contributed by atoms with Crippen LogP contribution in [0.4, 0.5) is 34.5 Å². The first kappa shape index (κ1) is 52.8. The van der Waals surface area contributed by atoms with Crippen molar-refractivity contribution in [3.05, 3.63) is 110 Å². The summed E-state index contributed by atoms with van der Waals surface area (Å²) in [6.45, 7) is 12.1. The number of hydrogen-bond donors (Lipinski definition) is 3. The highest BCUT2D eigenvalue weighted by Crippen LogP contribution is 2.47. The van der Waals surface area contributed by atoms with Gasteiger partial charge in [0.1, 0.15) is 53.4 Å². The van der Waals surface area contributed by atoms with Gasteiger partial charge in [-0.25, -0.2) is 27.7 Å². The quantitative estimate of drug-likeness (QED) is 0.0903. The van der Waals surface area contributed by atoms with Gasteiger partial charge in [-0.2, -0.15) is 15.2 Å². The molecule has 0 spiro atoms. The van der Waals surface area contributed by atoms with Gasteiger partial charge < -0.3 is 39.4 Å². The molecule has 7 aromatic rings. The number of aromatic nitrogens is 4. The maximum absolute atomic E-state index is 17.5. The Morgan fingerprint density at radius 1 is 1.05 bits per heavy atom. The number of nitriles is 1. The third-order valence-electron chi connectivity index (χ3n) is 16.5. The number of pyridine rings is 2. The molecule has 18 nitrogen and oxygen atoms in total. The second-order valence-electron chi connectivity index (χ2n) is 20.8. The highest BCUT2D eigenvalue weighted by Gasteiger charge is 2.47. The van der Waals surface area contributed by atoms with Crippen molar-refractivity contribution in [2.45, 2.75) is 102 Å². The number of carbonyl (C=O) groups excluding carboxylic acids is 3. The number of amides is 2. The largest absolute Gasteiger partial charge is 0.461 e. The third kappa shape index (κ3) is 8.46. The fourth-order valence-electron chi connectivity index (χ4n) is 12.6. The fourth-order valence-corrected chi connectivity index (χ4v) is 13.9. The molecule has 4 unspecified atom stereocenters. The number of esters is 1. The van der Waals surface area contributed by atoms with E-state index < -0.39 is 53.2 Å². The Morgan fingerprint density at radius 2 is 1.79 bits per heavy atom. The summed E-state index contributed by atoms with van der Waals surface area (Å²) in [5, 5.41) is 23.8. The Bertz CT molecular complexity index is 3940. The lowest BCUT2D eigenvalue weighted by molar-refractivity contribution is -0.157. The summed E-state index contributed by atoms with van der Waals surface area (Å²) >= 11 is 7.90. The number of halogens is 4. The number of hydrogen-bond acceptors (Lipinski definition) is 16. The number of rotatable bonds is 9. The van der Waals surface area contributed by atoms with Crippen LogP contribution in [-0.4, -0.2) is 109 Å². The molecule has 4 N–H and O–H groups in total. The minimum absolute atomic E-state index is 0.00698. The average Bonchev–Trinajstić information content (AvgIpc) is 4.04. The molecule has 0 aliphatic carbocycles. The first-order chi connectivity index (χ1) is 38.5. The van der Waals surface area contributed by atoms with Gasteiger partial charge in [0.25, 0.3) is 11.5 Å². The molecule has 3 aromatic carbocycles. The molecule has 4 saturated heterocycles. The zero-order valence-electron chi connectivity index (χ0n) is 43.6. The van der Waals surface area contributed by atoms with Crippen molar-refractivity contribution in [2.75, 3.05) is 48.7 Å². The molecule has 4 aromatic heterocycles. The first-order valence-corrected chi connectivity index (χ1v) is 27.7. The summed E-state index contributed by atoms with van der Waals surface area (Å²) < 4.78 is 67.0. The molecule has 4 fully saturated rings. The Hall–Kier alpha value is -7.84. The van der Waals surface area contributed by atoms with Gasteiger partial charge in [0, 0.05) is 52.0 Å². The van der Waals surface area contributed by atoms with E-state index in [1.807, 2.05) is 24.8 Å². The Morgan fingerprint density at radius 3 is 2.51 bits per heavy atom. The average molecular weight is 1130 g/mol. The second-order valence-corrected chi connectivity index (χ2v) is 22.3. The molecule has 0 saturated carbocycles. The zero-order chi connectivity index (χ0) is 56.2. The van der Waals surface area contributed by atoms with Crippen molar-refractivity contribution in [2.24, 2.45) is 0 Å². The molecule has 4 atom stereocenters. The molecular formula is C57H52ClF3N10O8S. The molecule has 80 heavy (non-hydrogen) atoms. The number of aliphatic hydroxyl groups excluding tert-OH is 1. The van der Waals surface area contributed by atoms with Crippen molar-refractivity contribution in [3.63, 3.8) is 0 Å². The van der Waals surface area contributed by atoms with Gasteiger partial charge in [0.2, 0.25) is 0 Å². The molecule has 2 bridgehead atoms. The van der Waals surface area contributed by atoms with Crippen molar-refractivity contribution < 1.29 is 46.9 Å². The van der Waals surface area contributed by atoms with Crippen LogP contribution in [0.2, 0.25) is 5.02 Å². The van der Waals surface area contributed by atoms with Crippen LogP contribution in [0, 0.1) is 28.8 Å². The van der Waals surface area contributed by atoms with Crippen molar-refractivity contribution in [1.29, 1.82) is 5.26 Å². The van der Waals surface area contributed by atoms with E-state index in [0.717, 1.165) is 56.2 Å². The van der Waals surface area contributed by atoms with Gasteiger partial charge in [-0.3, -0.25) is 19.8 Å². The zero-order valence-corrected chi connectivity index (χ0v) is 45.2. The number of nitrogens with two attached hydrogens (primary N) is 1. The number of cyclic esters (lactones) is 1. The molecule has 0 radical (unpaired) electrons. The van der Waals surface area contributed by atoms with Crippen molar-refractivity contribution >= 4 is 89.3 Å². The number of nitrogens with zero attached hydrogens (tertiary/aromatic N) is 8. The number of nitrogens with one attached hydrogen (secondary N) is 1. The second kappa shape index (κ2) is 20.1. The topological polar surface area (TPSA) is 231 Å². The van der Waals surface area contributed by atoms with Crippen LogP contribution in [0.3, 0.4) is 0 Å². The number of ether oxygens (including phenoxy) is 3. The van der Waals surface area contributed by atoms with E-state index >= 15 is 13.2 Å². The fraction of sp³-hybridized carbons (Fsp3) is 0.368. The lowest BCUT2D eigenvalue weighted by Gasteiger charge is -2.42. The van der Waals surface area contributed by atoms with Gasteiger partial charge in [-0.1, -0.05) is 38.1 Å². The lowest BCUT2D eigenvalue weighted by atomic mass is 9.95. The van der Waals surface area contributed by atoms with Gasteiger partial charge in [0.15, 0.2) is 11.9 Å². The van der Waals surface area contributed by atoms with Gasteiger partial charge in [0.05, 0.1) is 73.2 Å². The number of nitrogen functional groups attached to an aromatic ring is 1. The molecule has 6 aliphatic heterocycles. The minimum Gasteiger partial charge on any atom is -0.461 e. The molecule has 13 rings (SSSR count).